The van der Waals surface area contributed by atoms with E-state index >= 15 is 0 Å². The van der Waals surface area contributed by atoms with Crippen molar-refractivity contribution >= 4 is 12.2 Å². The molecule has 0 aliphatic heterocycles. The molecule has 0 amide bonds. The van der Waals surface area contributed by atoms with Gasteiger partial charge >= 0.3 is 0 Å². The van der Waals surface area contributed by atoms with Gasteiger partial charge < -0.3 is 4.57 Å². The maximum atomic E-state index is 5.24. The van der Waals surface area contributed by atoms with Crippen molar-refractivity contribution in [3.63, 3.8) is 0 Å². The van der Waals surface area contributed by atoms with E-state index in [9.17, 15) is 0 Å². The minimum absolute atomic E-state index is 0.452. The second kappa shape index (κ2) is 5.45. The second-order valence-electron chi connectivity index (χ2n) is 4.49. The Morgan fingerprint density at radius 2 is 2.00 bits per heavy atom. The minimum Gasteiger partial charge on any atom is -0.301 e. The number of rotatable bonds is 5. The largest absolute Gasteiger partial charge is 0.301 e. The molecule has 0 spiro atoms. The minimum atomic E-state index is 0.452. The van der Waals surface area contributed by atoms with Crippen LogP contribution in [0.2, 0.25) is 0 Å². The smallest absolute Gasteiger partial charge is 0.195 e. The number of hydrogen-bond donors (Lipinski definition) is 1. The van der Waals surface area contributed by atoms with Gasteiger partial charge in [0.2, 0.25) is 0 Å². The number of nitrogens with zero attached hydrogens (tertiary/aromatic N) is 2. The standard InChI is InChI=1S/C11H21N3S/c1-5-10-12-13-11(15)14(10)9(4)7-6-8(2)3/h8-9H,5-7H2,1-4H3,(H,13,15). The first-order chi connectivity index (χ1) is 7.06. The first-order valence-electron chi connectivity index (χ1n) is 5.72. The molecular weight excluding hydrogens is 206 g/mol. The van der Waals surface area contributed by atoms with Gasteiger partial charge in [0, 0.05) is 12.5 Å². The SMILES string of the molecule is CCc1n[nH]c(=S)n1C(C)CCC(C)C. The zero-order valence-electron chi connectivity index (χ0n) is 10.1. The molecule has 0 aliphatic rings. The van der Waals surface area contributed by atoms with E-state index in [4.69, 9.17) is 12.2 Å². The first-order valence-corrected chi connectivity index (χ1v) is 6.12. The van der Waals surface area contributed by atoms with E-state index in [1.165, 1.54) is 12.8 Å². The van der Waals surface area contributed by atoms with Crippen LogP contribution >= 0.6 is 12.2 Å². The number of nitrogens with one attached hydrogen (secondary N) is 1. The Bertz CT molecular complexity index is 351. The fourth-order valence-corrected chi connectivity index (χ4v) is 2.08. The number of aromatic amines is 1. The Morgan fingerprint density at radius 1 is 1.33 bits per heavy atom. The summed E-state index contributed by atoms with van der Waals surface area (Å²) in [4.78, 5) is 0. The summed E-state index contributed by atoms with van der Waals surface area (Å²) >= 11 is 5.24. The van der Waals surface area contributed by atoms with E-state index < -0.39 is 0 Å². The molecule has 1 unspecified atom stereocenters. The molecule has 0 aliphatic carbocycles. The zero-order chi connectivity index (χ0) is 11.4. The van der Waals surface area contributed by atoms with Crippen molar-refractivity contribution in [3.8, 4) is 0 Å². The molecule has 15 heavy (non-hydrogen) atoms. The third kappa shape index (κ3) is 3.16. The van der Waals surface area contributed by atoms with Gasteiger partial charge in [-0.05, 0) is 37.9 Å². The van der Waals surface area contributed by atoms with Crippen molar-refractivity contribution in [2.75, 3.05) is 0 Å². The molecular formula is C11H21N3S. The van der Waals surface area contributed by atoms with Crippen LogP contribution < -0.4 is 0 Å². The molecule has 1 aromatic heterocycles. The second-order valence-corrected chi connectivity index (χ2v) is 4.88. The van der Waals surface area contributed by atoms with Gasteiger partial charge in [-0.25, -0.2) is 0 Å². The average Bonchev–Trinajstić information content (AvgIpc) is 2.56. The molecule has 0 fully saturated rings. The average molecular weight is 227 g/mol. The van der Waals surface area contributed by atoms with E-state index in [1.54, 1.807) is 0 Å². The van der Waals surface area contributed by atoms with E-state index in [0.717, 1.165) is 22.9 Å². The summed E-state index contributed by atoms with van der Waals surface area (Å²) in [7, 11) is 0. The topological polar surface area (TPSA) is 33.6 Å². The van der Waals surface area contributed by atoms with Gasteiger partial charge in [-0.2, -0.15) is 5.10 Å². The molecule has 1 heterocycles. The van der Waals surface area contributed by atoms with Crippen LogP contribution in [0.4, 0.5) is 0 Å². The summed E-state index contributed by atoms with van der Waals surface area (Å²) in [5, 5.41) is 7.10. The lowest BCUT2D eigenvalue weighted by molar-refractivity contribution is 0.427. The lowest BCUT2D eigenvalue weighted by atomic mass is 10.0. The maximum Gasteiger partial charge on any atom is 0.195 e. The molecule has 0 bridgehead atoms. The van der Waals surface area contributed by atoms with E-state index in [1.807, 2.05) is 0 Å². The summed E-state index contributed by atoms with van der Waals surface area (Å²) < 4.78 is 2.90. The van der Waals surface area contributed by atoms with E-state index in [2.05, 4.69) is 42.5 Å². The Morgan fingerprint density at radius 3 is 2.53 bits per heavy atom. The van der Waals surface area contributed by atoms with Crippen molar-refractivity contribution in [2.45, 2.75) is 53.0 Å². The Balaban J connectivity index is 2.76. The molecule has 86 valence electrons. The molecule has 1 rings (SSSR count). The Labute approximate surface area is 96.9 Å². The van der Waals surface area contributed by atoms with Crippen molar-refractivity contribution in [3.05, 3.63) is 10.6 Å². The van der Waals surface area contributed by atoms with Crippen LogP contribution in [0.25, 0.3) is 0 Å². The fourth-order valence-electron chi connectivity index (χ4n) is 1.74. The third-order valence-corrected chi connectivity index (χ3v) is 2.98. The van der Waals surface area contributed by atoms with Gasteiger partial charge in [0.15, 0.2) is 4.77 Å². The Kier molecular flexibility index (Phi) is 4.51. The van der Waals surface area contributed by atoms with E-state index in [-0.39, 0.29) is 0 Å². The normalized spacial score (nSPS) is 13.4. The van der Waals surface area contributed by atoms with Gasteiger partial charge in [-0.1, -0.05) is 20.8 Å². The van der Waals surface area contributed by atoms with Gasteiger partial charge in [-0.15, -0.1) is 0 Å². The van der Waals surface area contributed by atoms with Crippen LogP contribution in [-0.2, 0) is 6.42 Å². The van der Waals surface area contributed by atoms with Gasteiger partial charge in [-0.3, -0.25) is 5.10 Å². The van der Waals surface area contributed by atoms with Crippen molar-refractivity contribution in [2.24, 2.45) is 5.92 Å². The molecule has 0 saturated heterocycles. The fraction of sp³-hybridized carbons (Fsp3) is 0.818. The molecule has 0 saturated carbocycles. The quantitative estimate of drug-likeness (QED) is 0.781. The lowest BCUT2D eigenvalue weighted by Crippen LogP contribution is -2.10. The van der Waals surface area contributed by atoms with Crippen LogP contribution in [0.5, 0.6) is 0 Å². The van der Waals surface area contributed by atoms with Crippen LogP contribution in [0, 0.1) is 10.7 Å². The third-order valence-electron chi connectivity index (χ3n) is 2.70. The van der Waals surface area contributed by atoms with Crippen LogP contribution in [0.1, 0.15) is 52.4 Å². The molecule has 3 nitrogen and oxygen atoms in total. The summed E-state index contributed by atoms with van der Waals surface area (Å²) in [5.74, 6) is 1.81. The van der Waals surface area contributed by atoms with Crippen molar-refractivity contribution in [1.82, 2.24) is 14.8 Å². The van der Waals surface area contributed by atoms with Crippen molar-refractivity contribution in [1.29, 1.82) is 0 Å². The summed E-state index contributed by atoms with van der Waals surface area (Å²) in [6, 6.07) is 0.452. The molecule has 1 aromatic rings. The first kappa shape index (κ1) is 12.4. The van der Waals surface area contributed by atoms with Crippen LogP contribution in [0.3, 0.4) is 0 Å². The predicted molar refractivity (Wildman–Crippen MR) is 65.6 cm³/mol. The molecule has 1 atom stereocenters. The number of hydrogen-bond acceptors (Lipinski definition) is 2. The van der Waals surface area contributed by atoms with Gasteiger partial charge in [0.05, 0.1) is 0 Å². The van der Waals surface area contributed by atoms with Crippen LogP contribution in [-0.4, -0.2) is 14.8 Å². The number of H-pyrrole nitrogens is 1. The molecule has 0 aromatic carbocycles. The van der Waals surface area contributed by atoms with Crippen LogP contribution in [0.15, 0.2) is 0 Å². The van der Waals surface area contributed by atoms with Gasteiger partial charge in [0.1, 0.15) is 5.82 Å². The highest BCUT2D eigenvalue weighted by Crippen LogP contribution is 2.18. The highest BCUT2D eigenvalue weighted by atomic mass is 32.1. The monoisotopic (exact) mass is 227 g/mol. The highest BCUT2D eigenvalue weighted by molar-refractivity contribution is 7.71. The van der Waals surface area contributed by atoms with E-state index in [0.29, 0.717) is 6.04 Å². The maximum absolute atomic E-state index is 5.24. The zero-order valence-corrected chi connectivity index (χ0v) is 10.9. The highest BCUT2D eigenvalue weighted by Gasteiger charge is 2.11. The lowest BCUT2D eigenvalue weighted by Gasteiger charge is -2.16. The predicted octanol–water partition coefficient (Wildman–Crippen LogP) is 3.50. The number of aryl methyl sites for hydroxylation is 1. The van der Waals surface area contributed by atoms with Gasteiger partial charge in [0.25, 0.3) is 0 Å². The molecule has 4 heteroatoms. The summed E-state index contributed by atoms with van der Waals surface area (Å²) in [5.41, 5.74) is 0. The van der Waals surface area contributed by atoms with Crippen molar-refractivity contribution < 1.29 is 0 Å². The summed E-state index contributed by atoms with van der Waals surface area (Å²) in [6.45, 7) is 8.83. The molecule has 1 N–H and O–H groups in total. The molecule has 0 radical (unpaired) electrons. The number of aromatic nitrogens is 3. The summed E-state index contributed by atoms with van der Waals surface area (Å²) in [6.07, 6.45) is 3.33. The Hall–Kier alpha value is -0.640.